The van der Waals surface area contributed by atoms with E-state index in [9.17, 15) is 9.59 Å². The van der Waals surface area contributed by atoms with E-state index in [0.717, 1.165) is 87.2 Å². The van der Waals surface area contributed by atoms with E-state index in [-0.39, 0.29) is 12.1 Å². The fourth-order valence-corrected chi connectivity index (χ4v) is 8.30. The summed E-state index contributed by atoms with van der Waals surface area (Å²) in [5.41, 5.74) is 3.95. The van der Waals surface area contributed by atoms with Crippen LogP contribution in [0.25, 0.3) is 0 Å². The Morgan fingerprint density at radius 2 is 0.875 bits per heavy atom. The van der Waals surface area contributed by atoms with Crippen LogP contribution in [-0.2, 0) is 0 Å². The van der Waals surface area contributed by atoms with Gasteiger partial charge >= 0.3 is 12.1 Å². The molecule has 0 bridgehead atoms. The summed E-state index contributed by atoms with van der Waals surface area (Å²) >= 11 is 0. The summed E-state index contributed by atoms with van der Waals surface area (Å²) in [6, 6.07) is 17.0. The fourth-order valence-electron chi connectivity index (χ4n) is 8.30. The number of carbonyl (C=O) groups is 2. The van der Waals surface area contributed by atoms with Gasteiger partial charge in [-0.05, 0) is 105 Å². The minimum atomic E-state index is 0.0429. The molecule has 0 spiro atoms. The zero-order chi connectivity index (χ0) is 33.9. The first kappa shape index (κ1) is 35.9. The van der Waals surface area contributed by atoms with Crippen LogP contribution in [0.5, 0.6) is 0 Å². The van der Waals surface area contributed by atoms with Crippen LogP contribution in [0.4, 0.5) is 32.3 Å². The Balaban J connectivity index is 1.27. The monoisotopic (exact) mass is 658 g/mol. The molecule has 0 aromatic heterocycles. The molecule has 0 unspecified atom stereocenters. The number of carbonyl (C=O) groups excluding carboxylic acids is 2. The summed E-state index contributed by atoms with van der Waals surface area (Å²) in [6.45, 7) is 1.60. The number of rotatable bonds is 10. The largest absolute Gasteiger partial charge is 0.378 e. The second-order valence-corrected chi connectivity index (χ2v) is 15.2. The Kier molecular flexibility index (Phi) is 13.3. The molecule has 0 aliphatic heterocycles. The summed E-state index contributed by atoms with van der Waals surface area (Å²) in [6.07, 6.45) is 18.8. The van der Waals surface area contributed by atoms with Crippen molar-refractivity contribution in [2.45, 2.75) is 115 Å². The quantitative estimate of drug-likeness (QED) is 0.250. The molecule has 3 saturated carbocycles. The molecule has 48 heavy (non-hydrogen) atoms. The minimum absolute atomic E-state index is 0.0429. The van der Waals surface area contributed by atoms with Gasteiger partial charge in [0.15, 0.2) is 0 Å². The normalized spacial score (nSPS) is 21.0. The summed E-state index contributed by atoms with van der Waals surface area (Å²) in [5.74, 6) is 0.901. The second-order valence-electron chi connectivity index (χ2n) is 15.2. The Morgan fingerprint density at radius 1 is 0.521 bits per heavy atom. The second kappa shape index (κ2) is 17.8. The molecule has 4 amide bonds. The first-order valence-corrected chi connectivity index (χ1v) is 19.0. The van der Waals surface area contributed by atoms with Gasteiger partial charge < -0.3 is 30.2 Å². The lowest BCUT2D eigenvalue weighted by atomic mass is 9.80. The minimum Gasteiger partial charge on any atom is -0.378 e. The van der Waals surface area contributed by atoms with E-state index in [0.29, 0.717) is 23.9 Å². The van der Waals surface area contributed by atoms with Crippen molar-refractivity contribution in [3.8, 4) is 0 Å². The van der Waals surface area contributed by atoms with Gasteiger partial charge in [0, 0.05) is 76.1 Å². The Bertz CT molecular complexity index is 1170. The van der Waals surface area contributed by atoms with E-state index in [4.69, 9.17) is 0 Å². The highest BCUT2D eigenvalue weighted by Gasteiger charge is 2.33. The summed E-state index contributed by atoms with van der Waals surface area (Å²) in [5, 5.41) is 6.52. The van der Waals surface area contributed by atoms with Crippen LogP contribution in [0.3, 0.4) is 0 Å². The molecular formula is C40H62N6O2. The molecule has 3 fully saturated rings. The van der Waals surface area contributed by atoms with Crippen LogP contribution in [0, 0.1) is 11.8 Å². The Hall–Kier alpha value is -3.42. The van der Waals surface area contributed by atoms with Crippen LogP contribution < -0.4 is 20.4 Å². The number of hydrogen-bond donors (Lipinski definition) is 2. The van der Waals surface area contributed by atoms with Gasteiger partial charge in [0.2, 0.25) is 0 Å². The molecule has 264 valence electrons. The van der Waals surface area contributed by atoms with Crippen LogP contribution in [0.1, 0.15) is 103 Å². The average molecular weight is 659 g/mol. The molecular weight excluding hydrogens is 596 g/mol. The Labute approximate surface area is 290 Å². The first-order valence-electron chi connectivity index (χ1n) is 19.0. The molecule has 2 N–H and O–H groups in total. The Morgan fingerprint density at radius 3 is 1.21 bits per heavy atom. The average Bonchev–Trinajstić information content (AvgIpc) is 3.53. The molecule has 3 aliphatic rings. The molecule has 0 radical (unpaired) electrons. The zero-order valence-corrected chi connectivity index (χ0v) is 30.3. The molecule has 8 nitrogen and oxygen atoms in total. The smallest absolute Gasteiger partial charge is 0.322 e. The van der Waals surface area contributed by atoms with Gasteiger partial charge in [-0.15, -0.1) is 0 Å². The molecule has 2 aromatic rings. The van der Waals surface area contributed by atoms with Crippen molar-refractivity contribution in [1.82, 2.24) is 9.80 Å². The van der Waals surface area contributed by atoms with E-state index in [2.05, 4.69) is 54.5 Å². The van der Waals surface area contributed by atoms with Gasteiger partial charge in [-0.2, -0.15) is 0 Å². The van der Waals surface area contributed by atoms with Gasteiger partial charge in [-0.25, -0.2) is 9.59 Å². The van der Waals surface area contributed by atoms with Crippen LogP contribution in [0.15, 0.2) is 48.5 Å². The van der Waals surface area contributed by atoms with E-state index < -0.39 is 0 Å². The van der Waals surface area contributed by atoms with Crippen LogP contribution in [-0.4, -0.2) is 75.2 Å². The molecule has 8 heteroatoms. The highest BCUT2D eigenvalue weighted by atomic mass is 16.2. The molecule has 2 atom stereocenters. The maximum atomic E-state index is 14.0. The molecule has 0 heterocycles. The number of hydrogen-bond acceptors (Lipinski definition) is 4. The van der Waals surface area contributed by atoms with E-state index in [1.54, 1.807) is 0 Å². The van der Waals surface area contributed by atoms with Crippen molar-refractivity contribution in [2.75, 3.05) is 61.7 Å². The van der Waals surface area contributed by atoms with E-state index in [1.807, 2.05) is 52.5 Å². The SMILES string of the molecule is CN(C)c1ccc(NC(=O)N(C[C@H]2CCC[C@H](CN(C(=O)Nc3ccc(N(C)C)cc3)C3CCCCCC3)C2)C2CCCCCC2)cc1. The standard InChI is InChI=1S/C40H62N6O2/c1-43(2)35-24-20-33(21-25-35)41-39(47)45(37-16-9-5-6-10-17-37)29-31-14-13-15-32(28-31)30-46(38-18-11-7-8-12-19-38)40(48)42-34-22-26-36(27-23-34)44(3)4/h20-27,31-32,37-38H,5-19,28-30H2,1-4H3,(H,41,47)(H,42,48)/t31-,32-/m0/s1. The van der Waals surface area contributed by atoms with Crippen LogP contribution in [0.2, 0.25) is 0 Å². The molecule has 0 saturated heterocycles. The number of anilines is 4. The third kappa shape index (κ3) is 10.3. The summed E-state index contributed by atoms with van der Waals surface area (Å²) < 4.78 is 0. The highest BCUT2D eigenvalue weighted by molar-refractivity contribution is 5.90. The van der Waals surface area contributed by atoms with Crippen molar-refractivity contribution in [1.29, 1.82) is 0 Å². The van der Waals surface area contributed by atoms with Crippen molar-refractivity contribution < 1.29 is 9.59 Å². The van der Waals surface area contributed by atoms with Gasteiger partial charge in [-0.3, -0.25) is 0 Å². The van der Waals surface area contributed by atoms with Gasteiger partial charge in [0.25, 0.3) is 0 Å². The van der Waals surface area contributed by atoms with E-state index >= 15 is 0 Å². The first-order chi connectivity index (χ1) is 23.3. The fraction of sp³-hybridized carbons (Fsp3) is 0.650. The summed E-state index contributed by atoms with van der Waals surface area (Å²) in [4.78, 5) is 36.5. The topological polar surface area (TPSA) is 71.2 Å². The van der Waals surface area contributed by atoms with Gasteiger partial charge in [0.1, 0.15) is 0 Å². The number of urea groups is 2. The van der Waals surface area contributed by atoms with Crippen molar-refractivity contribution in [3.05, 3.63) is 48.5 Å². The molecule has 2 aromatic carbocycles. The highest BCUT2D eigenvalue weighted by Crippen LogP contribution is 2.34. The summed E-state index contributed by atoms with van der Waals surface area (Å²) in [7, 11) is 8.13. The molecule has 3 aliphatic carbocycles. The van der Waals surface area contributed by atoms with E-state index in [1.165, 1.54) is 51.4 Å². The maximum Gasteiger partial charge on any atom is 0.322 e. The number of benzene rings is 2. The zero-order valence-electron chi connectivity index (χ0n) is 30.3. The third-order valence-electron chi connectivity index (χ3n) is 11.1. The van der Waals surface area contributed by atoms with Crippen molar-refractivity contribution >= 4 is 34.8 Å². The number of nitrogens with one attached hydrogen (secondary N) is 2. The lowest BCUT2D eigenvalue weighted by molar-refractivity contribution is 0.121. The maximum absolute atomic E-state index is 14.0. The van der Waals surface area contributed by atoms with Crippen LogP contribution >= 0.6 is 0 Å². The lowest BCUT2D eigenvalue weighted by Crippen LogP contribution is -2.48. The predicted octanol–water partition coefficient (Wildman–Crippen LogP) is 9.44. The van der Waals surface area contributed by atoms with Crippen molar-refractivity contribution in [2.24, 2.45) is 11.8 Å². The third-order valence-corrected chi connectivity index (χ3v) is 11.1. The number of nitrogens with zero attached hydrogens (tertiary/aromatic N) is 4. The van der Waals surface area contributed by atoms with Gasteiger partial charge in [-0.1, -0.05) is 57.8 Å². The van der Waals surface area contributed by atoms with Gasteiger partial charge in [0.05, 0.1) is 0 Å². The predicted molar refractivity (Wildman–Crippen MR) is 201 cm³/mol. The van der Waals surface area contributed by atoms with Crippen molar-refractivity contribution in [3.63, 3.8) is 0 Å². The molecule has 5 rings (SSSR count). The lowest BCUT2D eigenvalue weighted by Gasteiger charge is -2.40. The number of amides is 4.